The molecule has 0 radical (unpaired) electrons. The Morgan fingerprint density at radius 3 is 2.53 bits per heavy atom. The normalized spacial score (nSPS) is 15.4. The molecule has 0 aliphatic carbocycles. The highest BCUT2D eigenvalue weighted by atomic mass is 16.5. The third-order valence-electron chi connectivity index (χ3n) is 6.26. The lowest BCUT2D eigenvalue weighted by Gasteiger charge is -2.20. The molecule has 0 saturated carbocycles. The van der Waals surface area contributed by atoms with Gasteiger partial charge in [0.1, 0.15) is 5.75 Å². The van der Waals surface area contributed by atoms with Crippen LogP contribution in [0.3, 0.4) is 0 Å². The molecule has 0 saturated heterocycles. The number of rotatable bonds is 4. The zero-order valence-electron chi connectivity index (χ0n) is 19.3. The first-order valence-electron chi connectivity index (χ1n) is 11.2. The molecule has 1 aliphatic heterocycles. The maximum Gasteiger partial charge on any atom is 0.258 e. The van der Waals surface area contributed by atoms with E-state index in [0.717, 1.165) is 33.2 Å². The molecule has 34 heavy (non-hydrogen) atoms. The van der Waals surface area contributed by atoms with Gasteiger partial charge in [-0.3, -0.25) is 9.59 Å². The molecule has 0 bridgehead atoms. The predicted molar refractivity (Wildman–Crippen MR) is 134 cm³/mol. The van der Waals surface area contributed by atoms with E-state index in [4.69, 9.17) is 4.74 Å². The van der Waals surface area contributed by atoms with Crippen LogP contribution in [0.15, 0.2) is 82.7 Å². The first kappa shape index (κ1) is 21.6. The largest absolute Gasteiger partial charge is 0.497 e. The lowest BCUT2D eigenvalue weighted by atomic mass is 9.90. The Morgan fingerprint density at radius 1 is 1.03 bits per heavy atom. The summed E-state index contributed by atoms with van der Waals surface area (Å²) in [6, 6.07) is 23.2. The van der Waals surface area contributed by atoms with E-state index in [-0.39, 0.29) is 17.5 Å². The first-order valence-corrected chi connectivity index (χ1v) is 11.2. The van der Waals surface area contributed by atoms with Gasteiger partial charge in [0.25, 0.3) is 5.56 Å². The van der Waals surface area contributed by atoms with E-state index < -0.39 is 0 Å². The van der Waals surface area contributed by atoms with Crippen LogP contribution >= 0.6 is 0 Å². The number of hydrogen-bond donors (Lipinski definition) is 1. The van der Waals surface area contributed by atoms with Crippen LogP contribution in [0.25, 0.3) is 22.0 Å². The van der Waals surface area contributed by atoms with Crippen LogP contribution in [-0.2, 0) is 4.79 Å². The van der Waals surface area contributed by atoms with Gasteiger partial charge in [-0.2, -0.15) is 5.10 Å². The topological polar surface area (TPSA) is 74.8 Å². The number of carbonyl (C=O) groups is 1. The number of nitrogens with one attached hydrogen (secondary N) is 1. The molecule has 2 heterocycles. The number of para-hydroxylation sites is 1. The number of aromatic amines is 1. The summed E-state index contributed by atoms with van der Waals surface area (Å²) in [5.74, 6) is 0.523. The summed E-state index contributed by atoms with van der Waals surface area (Å²) in [7, 11) is 1.61. The number of methoxy groups -OCH3 is 1. The molecular formula is C28H25N3O3. The Morgan fingerprint density at radius 2 is 1.79 bits per heavy atom. The average Bonchev–Trinajstić information content (AvgIpc) is 3.29. The van der Waals surface area contributed by atoms with Gasteiger partial charge in [0.05, 0.1) is 24.4 Å². The first-order chi connectivity index (χ1) is 16.5. The van der Waals surface area contributed by atoms with E-state index in [1.54, 1.807) is 7.11 Å². The summed E-state index contributed by atoms with van der Waals surface area (Å²) in [5, 5.41) is 7.09. The number of benzene rings is 3. The number of aromatic nitrogens is 1. The van der Waals surface area contributed by atoms with Gasteiger partial charge in [0, 0.05) is 29.8 Å². The summed E-state index contributed by atoms with van der Waals surface area (Å²) < 4.78 is 5.38. The van der Waals surface area contributed by atoms with Crippen molar-refractivity contribution >= 4 is 22.5 Å². The van der Waals surface area contributed by atoms with Gasteiger partial charge in [-0.25, -0.2) is 5.01 Å². The number of hydrazone groups is 1. The number of fused-ring (bicyclic) bond motifs is 1. The van der Waals surface area contributed by atoms with Crippen molar-refractivity contribution < 1.29 is 9.53 Å². The van der Waals surface area contributed by atoms with Gasteiger partial charge in [-0.15, -0.1) is 0 Å². The van der Waals surface area contributed by atoms with E-state index in [1.165, 1.54) is 11.9 Å². The molecule has 3 aromatic carbocycles. The zero-order valence-corrected chi connectivity index (χ0v) is 19.3. The van der Waals surface area contributed by atoms with Crippen LogP contribution in [0.4, 0.5) is 0 Å². The van der Waals surface area contributed by atoms with E-state index in [0.29, 0.717) is 23.4 Å². The number of carbonyl (C=O) groups excluding carboxylic acids is 1. The maximum atomic E-state index is 13.4. The van der Waals surface area contributed by atoms with Crippen LogP contribution < -0.4 is 10.3 Å². The molecule has 1 aliphatic rings. The Bertz CT molecular complexity index is 1490. The summed E-state index contributed by atoms with van der Waals surface area (Å²) >= 11 is 0. The summed E-state index contributed by atoms with van der Waals surface area (Å²) in [6.07, 6.45) is 0.424. The predicted octanol–water partition coefficient (Wildman–Crippen LogP) is 5.21. The molecule has 1 atom stereocenters. The number of ether oxygens (including phenoxy) is 1. The van der Waals surface area contributed by atoms with Gasteiger partial charge in [-0.05, 0) is 36.2 Å². The minimum Gasteiger partial charge on any atom is -0.497 e. The fourth-order valence-electron chi connectivity index (χ4n) is 4.60. The Balaban J connectivity index is 1.71. The minimum atomic E-state index is -0.320. The molecule has 6 nitrogen and oxygen atoms in total. The summed E-state index contributed by atoms with van der Waals surface area (Å²) in [6.45, 7) is 3.52. The van der Waals surface area contributed by atoms with Crippen molar-refractivity contribution in [2.45, 2.75) is 26.3 Å². The molecule has 1 amide bonds. The quantitative estimate of drug-likeness (QED) is 0.463. The third-order valence-corrected chi connectivity index (χ3v) is 6.26. The second-order valence-corrected chi connectivity index (χ2v) is 8.52. The molecule has 0 unspecified atom stereocenters. The second kappa shape index (κ2) is 8.63. The van der Waals surface area contributed by atoms with E-state index in [2.05, 4.69) is 10.1 Å². The lowest BCUT2D eigenvalue weighted by Crippen LogP contribution is -2.24. The van der Waals surface area contributed by atoms with Crippen LogP contribution in [0, 0.1) is 6.92 Å². The third kappa shape index (κ3) is 3.77. The highest BCUT2D eigenvalue weighted by Gasteiger charge is 2.34. The molecule has 1 N–H and O–H groups in total. The Labute approximate surface area is 197 Å². The monoisotopic (exact) mass is 451 g/mol. The molecule has 6 heteroatoms. The van der Waals surface area contributed by atoms with Crippen LogP contribution in [-0.4, -0.2) is 28.7 Å². The molecule has 0 spiro atoms. The van der Waals surface area contributed by atoms with Gasteiger partial charge in [0.2, 0.25) is 5.91 Å². The molecule has 5 rings (SSSR count). The van der Waals surface area contributed by atoms with Crippen molar-refractivity contribution in [3.05, 3.63) is 99.8 Å². The molecule has 0 fully saturated rings. The number of H-pyrrole nitrogens is 1. The van der Waals surface area contributed by atoms with Crippen molar-refractivity contribution in [3.63, 3.8) is 0 Å². The van der Waals surface area contributed by atoms with Gasteiger partial charge < -0.3 is 9.72 Å². The van der Waals surface area contributed by atoms with Gasteiger partial charge in [-0.1, -0.05) is 60.2 Å². The molecule has 170 valence electrons. The van der Waals surface area contributed by atoms with Crippen molar-refractivity contribution in [3.8, 4) is 16.9 Å². The molecular weight excluding hydrogens is 426 g/mol. The fourth-order valence-corrected chi connectivity index (χ4v) is 4.60. The van der Waals surface area contributed by atoms with E-state index >= 15 is 0 Å². The highest BCUT2D eigenvalue weighted by Crippen LogP contribution is 2.37. The fraction of sp³-hybridized carbons (Fsp3) is 0.179. The number of nitrogens with zero attached hydrogens (tertiary/aromatic N) is 2. The number of aryl methyl sites for hydroxylation is 1. The minimum absolute atomic E-state index is 0.183. The Hall–Kier alpha value is -4.19. The lowest BCUT2D eigenvalue weighted by molar-refractivity contribution is -0.130. The van der Waals surface area contributed by atoms with Crippen molar-refractivity contribution in [1.82, 2.24) is 9.99 Å². The summed E-state index contributed by atoms with van der Waals surface area (Å²) in [4.78, 5) is 29.0. The highest BCUT2D eigenvalue weighted by molar-refractivity contribution is 6.12. The Kier molecular flexibility index (Phi) is 5.49. The number of amides is 1. The maximum absolute atomic E-state index is 13.4. The smallest absolute Gasteiger partial charge is 0.258 e. The van der Waals surface area contributed by atoms with E-state index in [1.807, 2.05) is 79.7 Å². The number of hydrogen-bond acceptors (Lipinski definition) is 4. The van der Waals surface area contributed by atoms with Crippen molar-refractivity contribution in [1.29, 1.82) is 0 Å². The van der Waals surface area contributed by atoms with Gasteiger partial charge in [0.15, 0.2) is 0 Å². The molecule has 1 aromatic heterocycles. The van der Waals surface area contributed by atoms with Gasteiger partial charge >= 0.3 is 0 Å². The van der Waals surface area contributed by atoms with Crippen molar-refractivity contribution in [2.24, 2.45) is 5.10 Å². The number of pyridine rings is 1. The standard InChI is InChI=1S/C28H25N3O3/c1-17-11-13-19(14-12-17)26-22-9-4-5-10-23(22)29-28(33)27(26)24-16-25(31(30-24)18(2)32)20-7-6-8-21(15-20)34-3/h4-15,25H,16H2,1-3H3,(H,29,33)/t25-/m0/s1. The van der Waals surface area contributed by atoms with Crippen molar-refractivity contribution in [2.75, 3.05) is 7.11 Å². The average molecular weight is 452 g/mol. The molecule has 4 aromatic rings. The summed E-state index contributed by atoms with van der Waals surface area (Å²) in [5.41, 5.74) is 5.43. The second-order valence-electron chi connectivity index (χ2n) is 8.52. The zero-order chi connectivity index (χ0) is 23.8. The van der Waals surface area contributed by atoms with E-state index in [9.17, 15) is 9.59 Å². The van der Waals surface area contributed by atoms with Crippen LogP contribution in [0.5, 0.6) is 5.75 Å². The van der Waals surface area contributed by atoms with Crippen LogP contribution in [0.2, 0.25) is 0 Å². The SMILES string of the molecule is COc1cccc([C@@H]2CC(c3c(-c4ccc(C)cc4)c4ccccc4[nH]c3=O)=NN2C(C)=O)c1. The van der Waals surface area contributed by atoms with Crippen LogP contribution in [0.1, 0.15) is 36.1 Å².